The molecule has 0 spiro atoms. The number of amides is 3. The second kappa shape index (κ2) is 9.15. The number of nitrogens with one attached hydrogen (secondary N) is 1. The Morgan fingerprint density at radius 3 is 2.26 bits per heavy atom. The number of imidazole rings is 1. The minimum Gasteiger partial charge on any atom is -0.329 e. The van der Waals surface area contributed by atoms with Gasteiger partial charge in [0.1, 0.15) is 0 Å². The largest absolute Gasteiger partial charge is 0.329 e. The van der Waals surface area contributed by atoms with Crippen LogP contribution in [0.4, 0.5) is 5.69 Å². The third-order valence-electron chi connectivity index (χ3n) is 5.77. The Kier molecular flexibility index (Phi) is 5.90. The molecule has 3 amide bonds. The van der Waals surface area contributed by atoms with E-state index in [1.165, 1.54) is 4.90 Å². The van der Waals surface area contributed by atoms with Gasteiger partial charge in [0.2, 0.25) is 5.91 Å². The first-order chi connectivity index (χ1) is 16.5. The van der Waals surface area contributed by atoms with E-state index in [1.807, 2.05) is 66.3 Å². The second-order valence-corrected chi connectivity index (χ2v) is 9.11. The number of hydrogen-bond donors (Lipinski definition) is 1. The smallest absolute Gasteiger partial charge is 0.261 e. The minimum absolute atomic E-state index is 0.163. The Balaban J connectivity index is 1.17. The van der Waals surface area contributed by atoms with E-state index in [0.717, 1.165) is 15.4 Å². The van der Waals surface area contributed by atoms with Crippen molar-refractivity contribution in [3.63, 3.8) is 0 Å². The number of anilines is 1. The molecule has 1 aliphatic heterocycles. The maximum Gasteiger partial charge on any atom is 0.261 e. The normalized spacial score (nSPS) is 12.9. The Morgan fingerprint density at radius 2 is 1.65 bits per heavy atom. The van der Waals surface area contributed by atoms with Crippen LogP contribution in [0.15, 0.2) is 83.1 Å². The van der Waals surface area contributed by atoms with Gasteiger partial charge in [0, 0.05) is 59.5 Å². The zero-order valence-corrected chi connectivity index (χ0v) is 19.3. The van der Waals surface area contributed by atoms with Crippen LogP contribution in [0.5, 0.6) is 0 Å². The maximum absolute atomic E-state index is 12.9. The molecule has 7 nitrogen and oxygen atoms in total. The highest BCUT2D eigenvalue weighted by Gasteiger charge is 2.32. The highest BCUT2D eigenvalue weighted by Crippen LogP contribution is 2.30. The summed E-state index contributed by atoms with van der Waals surface area (Å²) in [5.41, 5.74) is 1.75. The molecule has 0 bridgehead atoms. The Labute approximate surface area is 200 Å². The second-order valence-electron chi connectivity index (χ2n) is 8.07. The van der Waals surface area contributed by atoms with Crippen LogP contribution < -0.4 is 5.32 Å². The number of carbonyl (C=O) groups is 3. The van der Waals surface area contributed by atoms with Crippen LogP contribution in [-0.2, 0) is 11.8 Å². The van der Waals surface area contributed by atoms with Crippen molar-refractivity contribution in [1.82, 2.24) is 14.5 Å². The van der Waals surface area contributed by atoms with Gasteiger partial charge in [-0.2, -0.15) is 0 Å². The first kappa shape index (κ1) is 21.9. The van der Waals surface area contributed by atoms with Gasteiger partial charge in [0.05, 0.1) is 0 Å². The van der Waals surface area contributed by atoms with Gasteiger partial charge in [-0.15, -0.1) is 0 Å². The van der Waals surface area contributed by atoms with E-state index in [-0.39, 0.29) is 30.7 Å². The van der Waals surface area contributed by atoms with Gasteiger partial charge in [0.15, 0.2) is 5.16 Å². The molecule has 0 fully saturated rings. The summed E-state index contributed by atoms with van der Waals surface area (Å²) in [6.45, 7) is 0.190. The van der Waals surface area contributed by atoms with Crippen LogP contribution >= 0.6 is 11.8 Å². The van der Waals surface area contributed by atoms with Crippen LogP contribution in [0.3, 0.4) is 0 Å². The van der Waals surface area contributed by atoms with Gasteiger partial charge in [-0.1, -0.05) is 36.0 Å². The molecule has 3 aromatic carbocycles. The van der Waals surface area contributed by atoms with Crippen molar-refractivity contribution in [2.45, 2.75) is 22.9 Å². The number of benzene rings is 3. The molecule has 5 rings (SSSR count). The van der Waals surface area contributed by atoms with Crippen molar-refractivity contribution in [2.75, 3.05) is 11.9 Å². The molecular weight excluding hydrogens is 448 g/mol. The van der Waals surface area contributed by atoms with Crippen LogP contribution in [0.1, 0.15) is 33.6 Å². The third-order valence-corrected chi connectivity index (χ3v) is 6.85. The Hall–Kier alpha value is -3.91. The van der Waals surface area contributed by atoms with E-state index in [2.05, 4.69) is 10.3 Å². The molecule has 0 saturated heterocycles. The van der Waals surface area contributed by atoms with Crippen molar-refractivity contribution in [2.24, 2.45) is 7.05 Å². The standard InChI is InChI=1S/C26H22N4O3S/c1-29-16-14-27-26(29)34-19-12-10-18(11-13-19)28-22(31)9-4-15-30-24(32)20-7-2-5-17-6-3-8-21(23(17)20)25(30)33/h2-3,5-8,10-14,16H,4,9,15H2,1H3,(H,28,31). The summed E-state index contributed by atoms with van der Waals surface area (Å²) in [6.07, 6.45) is 4.23. The van der Waals surface area contributed by atoms with Gasteiger partial charge in [-0.05, 0) is 48.2 Å². The minimum atomic E-state index is -0.310. The summed E-state index contributed by atoms with van der Waals surface area (Å²) in [6, 6.07) is 18.5. The van der Waals surface area contributed by atoms with Gasteiger partial charge < -0.3 is 9.88 Å². The van der Waals surface area contributed by atoms with Gasteiger partial charge in [-0.3, -0.25) is 19.3 Å². The van der Waals surface area contributed by atoms with Gasteiger partial charge in [0.25, 0.3) is 11.8 Å². The lowest BCUT2D eigenvalue weighted by Crippen LogP contribution is -2.41. The van der Waals surface area contributed by atoms with E-state index in [4.69, 9.17) is 0 Å². The molecule has 2 heterocycles. The number of carbonyl (C=O) groups excluding carboxylic acids is 3. The highest BCUT2D eigenvalue weighted by atomic mass is 32.2. The van der Waals surface area contributed by atoms with Crippen LogP contribution in [0, 0.1) is 0 Å². The number of aryl methyl sites for hydroxylation is 1. The van der Waals surface area contributed by atoms with Crippen molar-refractivity contribution in [1.29, 1.82) is 0 Å². The lowest BCUT2D eigenvalue weighted by atomic mass is 9.94. The molecule has 1 N–H and O–H groups in total. The molecule has 0 saturated carbocycles. The monoisotopic (exact) mass is 470 g/mol. The highest BCUT2D eigenvalue weighted by molar-refractivity contribution is 7.99. The van der Waals surface area contributed by atoms with Crippen LogP contribution in [-0.4, -0.2) is 38.7 Å². The number of hydrogen-bond acceptors (Lipinski definition) is 5. The zero-order valence-electron chi connectivity index (χ0n) is 18.5. The number of rotatable bonds is 7. The van der Waals surface area contributed by atoms with Crippen LogP contribution in [0.25, 0.3) is 10.8 Å². The zero-order chi connectivity index (χ0) is 23.7. The van der Waals surface area contributed by atoms with E-state index in [1.54, 1.807) is 30.1 Å². The quantitative estimate of drug-likeness (QED) is 0.395. The molecule has 34 heavy (non-hydrogen) atoms. The van der Waals surface area contributed by atoms with Crippen molar-refractivity contribution < 1.29 is 14.4 Å². The van der Waals surface area contributed by atoms with E-state index >= 15 is 0 Å². The lowest BCUT2D eigenvalue weighted by Gasteiger charge is -2.27. The summed E-state index contributed by atoms with van der Waals surface area (Å²) < 4.78 is 1.94. The van der Waals surface area contributed by atoms with E-state index in [9.17, 15) is 14.4 Å². The SMILES string of the molecule is Cn1ccnc1Sc1ccc(NC(=O)CCCN2C(=O)c3cccc4cccc(c34)C2=O)cc1. The predicted octanol–water partition coefficient (Wildman–Crippen LogP) is 4.74. The van der Waals surface area contributed by atoms with E-state index < -0.39 is 0 Å². The molecule has 0 atom stereocenters. The molecule has 170 valence electrons. The average molecular weight is 471 g/mol. The van der Waals surface area contributed by atoms with Crippen molar-refractivity contribution in [3.05, 3.63) is 84.2 Å². The molecule has 8 heteroatoms. The van der Waals surface area contributed by atoms with Gasteiger partial charge >= 0.3 is 0 Å². The summed E-state index contributed by atoms with van der Waals surface area (Å²) in [7, 11) is 1.94. The lowest BCUT2D eigenvalue weighted by molar-refractivity contribution is -0.116. The molecule has 4 aromatic rings. The Morgan fingerprint density at radius 1 is 0.971 bits per heavy atom. The predicted molar refractivity (Wildman–Crippen MR) is 131 cm³/mol. The third kappa shape index (κ3) is 4.20. The van der Waals surface area contributed by atoms with Gasteiger partial charge in [-0.25, -0.2) is 4.98 Å². The summed E-state index contributed by atoms with van der Waals surface area (Å²) in [5, 5.41) is 5.34. The summed E-state index contributed by atoms with van der Waals surface area (Å²) >= 11 is 1.54. The van der Waals surface area contributed by atoms with Crippen molar-refractivity contribution >= 4 is 45.9 Å². The topological polar surface area (TPSA) is 84.3 Å². The Bertz CT molecular complexity index is 1360. The maximum atomic E-state index is 12.9. The number of nitrogens with zero attached hydrogens (tertiary/aromatic N) is 3. The molecule has 0 unspecified atom stereocenters. The van der Waals surface area contributed by atoms with Crippen molar-refractivity contribution in [3.8, 4) is 0 Å². The van der Waals surface area contributed by atoms with E-state index in [0.29, 0.717) is 28.6 Å². The molecule has 0 radical (unpaired) electrons. The fourth-order valence-corrected chi connectivity index (χ4v) is 4.87. The molecule has 0 aliphatic carbocycles. The summed E-state index contributed by atoms with van der Waals surface area (Å²) in [5.74, 6) is -0.782. The first-order valence-electron chi connectivity index (χ1n) is 10.9. The summed E-state index contributed by atoms with van der Waals surface area (Å²) in [4.78, 5) is 44.9. The number of aromatic nitrogens is 2. The average Bonchev–Trinajstić information content (AvgIpc) is 3.25. The fraction of sp³-hybridized carbons (Fsp3) is 0.154. The molecule has 1 aromatic heterocycles. The first-order valence-corrected chi connectivity index (χ1v) is 11.8. The fourth-order valence-electron chi connectivity index (χ4n) is 4.07. The molecular formula is C26H22N4O3S. The number of imide groups is 1. The molecule has 1 aliphatic rings. The van der Waals surface area contributed by atoms with Crippen LogP contribution in [0.2, 0.25) is 0 Å².